The lowest BCUT2D eigenvalue weighted by Crippen LogP contribution is -2.39. The molecule has 0 bridgehead atoms. The van der Waals surface area contributed by atoms with Gasteiger partial charge in [0, 0.05) is 56.2 Å². The number of nitrogens with one attached hydrogen (secondary N) is 2. The predicted octanol–water partition coefficient (Wildman–Crippen LogP) is 8.27. The highest BCUT2D eigenvalue weighted by Gasteiger charge is 2.44. The van der Waals surface area contributed by atoms with Crippen molar-refractivity contribution < 1.29 is 19.1 Å². The van der Waals surface area contributed by atoms with Gasteiger partial charge in [-0.15, -0.1) is 0 Å². The van der Waals surface area contributed by atoms with E-state index >= 15 is 0 Å². The standard InChI is InChI=1S/C24H20O4.C13H18N2O2S.C8H14N2OS/c1-13(2)15-5-8-17(20(11-15)24(26)27)23-18-7-4-14(3)10-21(18)28-22-12-16(25)6-9-19(22)23;1-7(2)18-6-11-9(4)13(17)15-12(16)8(3)10(5)14(11)15;1-4(2)7-6-5(3-12-7)9-8(11)10-6/h4-13H,1-3H3,(H,26,27);7H,6H2,1-5H3;4-7H,3H2,1-2H3,(H2,9,10,11). The van der Waals surface area contributed by atoms with E-state index in [0.29, 0.717) is 56.5 Å². The number of aromatic nitrogens is 2. The van der Waals surface area contributed by atoms with Gasteiger partial charge in [0.25, 0.3) is 11.1 Å². The Morgan fingerprint density at radius 1 is 0.862 bits per heavy atom. The van der Waals surface area contributed by atoms with Gasteiger partial charge in [0.15, 0.2) is 5.43 Å². The second-order valence-electron chi connectivity index (χ2n) is 16.1. The van der Waals surface area contributed by atoms with Crippen LogP contribution < -0.4 is 27.2 Å². The topological polar surface area (TPSA) is 152 Å². The highest BCUT2D eigenvalue weighted by atomic mass is 32.2. The molecule has 13 heteroatoms. The van der Waals surface area contributed by atoms with Gasteiger partial charge in [-0.05, 0) is 85.7 Å². The zero-order valence-corrected chi connectivity index (χ0v) is 36.3. The van der Waals surface area contributed by atoms with E-state index in [9.17, 15) is 29.1 Å². The summed E-state index contributed by atoms with van der Waals surface area (Å²) in [4.78, 5) is 59.1. The molecule has 3 aliphatic heterocycles. The zero-order valence-electron chi connectivity index (χ0n) is 34.7. The second-order valence-corrected chi connectivity index (χ2v) is 18.8. The Balaban J connectivity index is 0.000000161. The van der Waals surface area contributed by atoms with E-state index < -0.39 is 5.97 Å². The van der Waals surface area contributed by atoms with Gasteiger partial charge in [-0.1, -0.05) is 65.8 Å². The van der Waals surface area contributed by atoms with E-state index in [1.54, 1.807) is 42.3 Å². The lowest BCUT2D eigenvalue weighted by Gasteiger charge is -2.19. The van der Waals surface area contributed by atoms with Crippen LogP contribution in [-0.2, 0) is 5.75 Å². The van der Waals surface area contributed by atoms with Gasteiger partial charge in [-0.3, -0.25) is 18.9 Å². The molecular formula is C45H52N4O7S2. The summed E-state index contributed by atoms with van der Waals surface area (Å²) >= 11 is 3.74. The smallest absolute Gasteiger partial charge is 0.336 e. The Morgan fingerprint density at radius 2 is 1.55 bits per heavy atom. The second kappa shape index (κ2) is 17.1. The number of aromatic carboxylic acids is 1. The van der Waals surface area contributed by atoms with Gasteiger partial charge in [0.05, 0.1) is 23.3 Å². The maximum Gasteiger partial charge on any atom is 0.336 e. The van der Waals surface area contributed by atoms with E-state index in [2.05, 4.69) is 38.3 Å². The van der Waals surface area contributed by atoms with Crippen LogP contribution in [0.4, 0.5) is 4.79 Å². The molecule has 3 atom stereocenters. The van der Waals surface area contributed by atoms with Gasteiger partial charge < -0.3 is 20.2 Å². The number of urea groups is 1. The van der Waals surface area contributed by atoms with E-state index in [1.807, 2.05) is 69.8 Å². The number of benzene rings is 3. The maximum absolute atomic E-state index is 12.1. The first-order valence-electron chi connectivity index (χ1n) is 19.6. The summed E-state index contributed by atoms with van der Waals surface area (Å²) < 4.78 is 9.03. The monoisotopic (exact) mass is 824 g/mol. The van der Waals surface area contributed by atoms with Crippen molar-refractivity contribution in [3.63, 3.8) is 0 Å². The van der Waals surface area contributed by atoms with Crippen molar-refractivity contribution in [2.45, 2.75) is 103 Å². The molecule has 5 heterocycles. The Kier molecular flexibility index (Phi) is 12.5. The molecule has 2 aromatic carbocycles. The average molecular weight is 825 g/mol. The summed E-state index contributed by atoms with van der Waals surface area (Å²) in [6.45, 7) is 20.2. The van der Waals surface area contributed by atoms with Crippen LogP contribution in [0.2, 0.25) is 0 Å². The third kappa shape index (κ3) is 8.29. The Bertz CT molecular complexity index is 2660. The molecule has 11 nitrogen and oxygen atoms in total. The van der Waals surface area contributed by atoms with Gasteiger partial charge in [-0.2, -0.15) is 28.0 Å². The molecular weight excluding hydrogens is 773 g/mol. The quantitative estimate of drug-likeness (QED) is 0.107. The molecule has 2 fully saturated rings. The fraction of sp³-hybridized carbons (Fsp3) is 0.400. The van der Waals surface area contributed by atoms with Crippen molar-refractivity contribution in [3.05, 3.63) is 125 Å². The number of hydrogen-bond donors (Lipinski definition) is 3. The molecule has 2 aromatic heterocycles. The molecule has 3 unspecified atom stereocenters. The summed E-state index contributed by atoms with van der Waals surface area (Å²) in [7, 11) is 0. The highest BCUT2D eigenvalue weighted by molar-refractivity contribution is 8.00. The first kappa shape index (κ1) is 42.6. The number of carbonyl (C=O) groups is 2. The van der Waals surface area contributed by atoms with E-state index in [0.717, 1.165) is 50.5 Å². The third-order valence-corrected chi connectivity index (χ3v) is 13.8. The number of carboxylic acids is 1. The molecule has 3 N–H and O–H groups in total. The first-order chi connectivity index (χ1) is 27.4. The molecule has 306 valence electrons. The largest absolute Gasteiger partial charge is 0.478 e. The van der Waals surface area contributed by atoms with Gasteiger partial charge >= 0.3 is 12.0 Å². The minimum atomic E-state index is -0.979. The molecule has 2 saturated heterocycles. The maximum atomic E-state index is 12.1. The minimum Gasteiger partial charge on any atom is -0.478 e. The number of carbonyl (C=O) groups excluding carboxylic acids is 1. The molecule has 8 rings (SSSR count). The summed E-state index contributed by atoms with van der Waals surface area (Å²) in [6, 6.07) is 16.7. The van der Waals surface area contributed by atoms with Crippen LogP contribution in [0.1, 0.15) is 91.5 Å². The zero-order chi connectivity index (χ0) is 42.3. The summed E-state index contributed by atoms with van der Waals surface area (Å²) in [5.41, 5.74) is 7.58. The van der Waals surface area contributed by atoms with E-state index in [1.165, 1.54) is 16.6 Å². The summed E-state index contributed by atoms with van der Waals surface area (Å²) in [6.07, 6.45) is 0. The van der Waals surface area contributed by atoms with Crippen LogP contribution in [0.25, 0.3) is 33.4 Å². The van der Waals surface area contributed by atoms with Crippen LogP contribution in [-0.4, -0.2) is 54.5 Å². The molecule has 2 amide bonds. The molecule has 1 aliphatic carbocycles. The normalized spacial score (nSPS) is 17.4. The highest BCUT2D eigenvalue weighted by Crippen LogP contribution is 2.42. The molecule has 0 radical (unpaired) electrons. The fourth-order valence-electron chi connectivity index (χ4n) is 7.59. The third-order valence-electron chi connectivity index (χ3n) is 10.9. The number of aryl methyl sites for hydroxylation is 2. The Labute approximate surface area is 346 Å². The summed E-state index contributed by atoms with van der Waals surface area (Å²) in [5, 5.41) is 17.7. The van der Waals surface area contributed by atoms with Crippen LogP contribution in [0.3, 0.4) is 0 Å². The van der Waals surface area contributed by atoms with Crippen LogP contribution in [0, 0.1) is 33.6 Å². The van der Waals surface area contributed by atoms with E-state index in [4.69, 9.17) is 4.42 Å². The Hall–Kier alpha value is -5.01. The number of thioether (sulfide) groups is 2. The van der Waals surface area contributed by atoms with Crippen molar-refractivity contribution in [1.82, 2.24) is 19.7 Å². The molecule has 4 aromatic rings. The van der Waals surface area contributed by atoms with Gasteiger partial charge in [0.2, 0.25) is 0 Å². The van der Waals surface area contributed by atoms with Crippen molar-refractivity contribution >= 4 is 46.5 Å². The van der Waals surface area contributed by atoms with Crippen LogP contribution in [0.5, 0.6) is 0 Å². The minimum absolute atomic E-state index is 0.0101. The van der Waals surface area contributed by atoms with E-state index in [-0.39, 0.29) is 34.1 Å². The number of hydrogen-bond acceptors (Lipinski definition) is 8. The average Bonchev–Trinajstić information content (AvgIpc) is 3.86. The number of rotatable bonds is 7. The number of carboxylic acid groups (broad SMARTS) is 1. The number of amides is 2. The molecule has 4 aliphatic rings. The fourth-order valence-corrected chi connectivity index (χ4v) is 9.99. The lowest BCUT2D eigenvalue weighted by molar-refractivity contribution is 0.0697. The first-order valence-corrected chi connectivity index (χ1v) is 21.7. The number of nitrogens with zero attached hydrogens (tertiary/aromatic N) is 2. The summed E-state index contributed by atoms with van der Waals surface area (Å²) in [5.74, 6) is 2.15. The van der Waals surface area contributed by atoms with Crippen molar-refractivity contribution in [2.24, 2.45) is 5.92 Å². The van der Waals surface area contributed by atoms with Gasteiger partial charge in [0.1, 0.15) is 11.3 Å². The Morgan fingerprint density at radius 3 is 2.21 bits per heavy atom. The van der Waals surface area contributed by atoms with Crippen molar-refractivity contribution in [1.29, 1.82) is 0 Å². The van der Waals surface area contributed by atoms with Gasteiger partial charge in [-0.25, -0.2) is 9.59 Å². The molecule has 0 saturated carbocycles. The SMILES string of the molecule is CC(C)C1SCC2NC(=O)NC21.Cc1c(C)n2c(CSC(C)C)c(C)c(=O)n2c1=O.Cc1ccc2c(-c3ccc(C(C)C)cc3C(=O)O)c3ccc(=O)cc-3oc2c1. The predicted molar refractivity (Wildman–Crippen MR) is 236 cm³/mol. The molecule has 58 heavy (non-hydrogen) atoms. The van der Waals surface area contributed by atoms with Crippen LogP contribution >= 0.6 is 23.5 Å². The van der Waals surface area contributed by atoms with Crippen molar-refractivity contribution in [3.8, 4) is 22.5 Å². The lowest BCUT2D eigenvalue weighted by atomic mass is 9.88. The van der Waals surface area contributed by atoms with Crippen LogP contribution in [0.15, 0.2) is 73.4 Å². The van der Waals surface area contributed by atoms with Crippen molar-refractivity contribution in [2.75, 3.05) is 5.75 Å². The number of fused-ring (bicyclic) bond motifs is 4. The molecule has 0 spiro atoms.